The molecule has 98 valence electrons. The highest BCUT2D eigenvalue weighted by atomic mass is 79.9. The molecule has 1 aliphatic carbocycles. The normalized spacial score (nSPS) is 23.9. The molecule has 0 amide bonds. The van der Waals surface area contributed by atoms with Crippen LogP contribution in [-0.2, 0) is 0 Å². The molecule has 1 unspecified atom stereocenters. The molecule has 2 heterocycles. The van der Waals surface area contributed by atoms with Gasteiger partial charge in [-0.2, -0.15) is 0 Å². The van der Waals surface area contributed by atoms with Crippen LogP contribution in [0.4, 0.5) is 5.69 Å². The molecule has 1 aromatic heterocycles. The number of hydrogen-bond acceptors (Lipinski definition) is 3. The van der Waals surface area contributed by atoms with E-state index in [4.69, 9.17) is 0 Å². The van der Waals surface area contributed by atoms with Crippen molar-refractivity contribution < 1.29 is 0 Å². The van der Waals surface area contributed by atoms with E-state index < -0.39 is 0 Å². The fourth-order valence-corrected chi connectivity index (χ4v) is 3.23. The van der Waals surface area contributed by atoms with Crippen LogP contribution in [0.3, 0.4) is 0 Å². The molecule has 1 saturated heterocycles. The van der Waals surface area contributed by atoms with Crippen LogP contribution < -0.4 is 10.2 Å². The van der Waals surface area contributed by atoms with Crippen LogP contribution in [0.5, 0.6) is 0 Å². The fraction of sp³-hybridized carbons (Fsp3) is 0.643. The molecule has 1 atom stereocenters. The van der Waals surface area contributed by atoms with E-state index in [0.29, 0.717) is 6.04 Å². The first-order chi connectivity index (χ1) is 8.84. The molecule has 0 bridgehead atoms. The maximum Gasteiger partial charge on any atom is 0.0592 e. The molecule has 2 fully saturated rings. The first kappa shape index (κ1) is 12.4. The Balaban J connectivity index is 1.73. The van der Waals surface area contributed by atoms with Gasteiger partial charge in [0.25, 0.3) is 0 Å². The maximum atomic E-state index is 4.16. The molecule has 18 heavy (non-hydrogen) atoms. The molecule has 1 N–H and O–H groups in total. The van der Waals surface area contributed by atoms with Gasteiger partial charge in [0.05, 0.1) is 10.2 Å². The summed E-state index contributed by atoms with van der Waals surface area (Å²) >= 11 is 3.63. The Bertz CT molecular complexity index is 400. The van der Waals surface area contributed by atoms with Crippen LogP contribution in [0.1, 0.15) is 32.1 Å². The molecule has 0 aromatic carbocycles. The van der Waals surface area contributed by atoms with Crippen molar-refractivity contribution in [1.82, 2.24) is 10.3 Å². The van der Waals surface area contributed by atoms with Crippen molar-refractivity contribution in [3.8, 4) is 0 Å². The minimum absolute atomic E-state index is 0.652. The summed E-state index contributed by atoms with van der Waals surface area (Å²) in [6, 6.07) is 3.53. The van der Waals surface area contributed by atoms with Gasteiger partial charge in [-0.05, 0) is 54.2 Å². The summed E-state index contributed by atoms with van der Waals surface area (Å²) in [6.07, 6.45) is 10.5. The Labute approximate surface area is 117 Å². The van der Waals surface area contributed by atoms with Gasteiger partial charge in [0.2, 0.25) is 0 Å². The van der Waals surface area contributed by atoms with E-state index in [1.807, 2.05) is 12.4 Å². The lowest BCUT2D eigenvalue weighted by atomic mass is 10.0. The number of nitrogens with zero attached hydrogens (tertiary/aromatic N) is 2. The number of pyridine rings is 1. The van der Waals surface area contributed by atoms with Gasteiger partial charge >= 0.3 is 0 Å². The second kappa shape index (κ2) is 5.57. The summed E-state index contributed by atoms with van der Waals surface area (Å²) in [6.45, 7) is 2.31. The van der Waals surface area contributed by atoms with Crippen LogP contribution in [0.25, 0.3) is 0 Å². The summed E-state index contributed by atoms with van der Waals surface area (Å²) in [5.74, 6) is 0. The Hall–Kier alpha value is -0.610. The predicted octanol–water partition coefficient (Wildman–Crippen LogP) is 2.96. The first-order valence-corrected chi connectivity index (χ1v) is 7.73. The van der Waals surface area contributed by atoms with Crippen LogP contribution in [0.2, 0.25) is 0 Å². The smallest absolute Gasteiger partial charge is 0.0592 e. The van der Waals surface area contributed by atoms with Crippen molar-refractivity contribution in [2.24, 2.45) is 0 Å². The van der Waals surface area contributed by atoms with E-state index in [9.17, 15) is 0 Å². The van der Waals surface area contributed by atoms with Crippen molar-refractivity contribution >= 4 is 21.6 Å². The van der Waals surface area contributed by atoms with Gasteiger partial charge in [0.1, 0.15) is 0 Å². The summed E-state index contributed by atoms with van der Waals surface area (Å²) < 4.78 is 1.12. The molecule has 3 nitrogen and oxygen atoms in total. The van der Waals surface area contributed by atoms with Crippen LogP contribution in [-0.4, -0.2) is 30.2 Å². The second-order valence-corrected chi connectivity index (χ2v) is 6.21. The van der Waals surface area contributed by atoms with E-state index >= 15 is 0 Å². The minimum atomic E-state index is 0.652. The summed E-state index contributed by atoms with van der Waals surface area (Å²) in [5.41, 5.74) is 1.31. The summed E-state index contributed by atoms with van der Waals surface area (Å²) in [7, 11) is 0. The van der Waals surface area contributed by atoms with E-state index in [-0.39, 0.29) is 0 Å². The molecule has 3 rings (SSSR count). The number of piperidine rings is 1. The highest BCUT2D eigenvalue weighted by Gasteiger charge is 2.32. The number of halogens is 1. The largest absolute Gasteiger partial charge is 0.366 e. The third-order valence-electron chi connectivity index (χ3n) is 3.88. The Morgan fingerprint density at radius 1 is 1.33 bits per heavy atom. The van der Waals surface area contributed by atoms with E-state index in [1.54, 1.807) is 0 Å². The highest BCUT2D eigenvalue weighted by Crippen LogP contribution is 2.35. The Kier molecular flexibility index (Phi) is 3.85. The van der Waals surface area contributed by atoms with Gasteiger partial charge in [-0.3, -0.25) is 4.98 Å². The van der Waals surface area contributed by atoms with Gasteiger partial charge in [-0.15, -0.1) is 0 Å². The molecule has 4 heteroatoms. The summed E-state index contributed by atoms with van der Waals surface area (Å²) in [5, 5.41) is 3.65. The van der Waals surface area contributed by atoms with Crippen molar-refractivity contribution in [3.63, 3.8) is 0 Å². The molecule has 1 aromatic rings. The van der Waals surface area contributed by atoms with Crippen LogP contribution in [0.15, 0.2) is 22.9 Å². The molecule has 0 radical (unpaired) electrons. The van der Waals surface area contributed by atoms with Gasteiger partial charge in [-0.1, -0.05) is 6.42 Å². The third-order valence-corrected chi connectivity index (χ3v) is 4.49. The van der Waals surface area contributed by atoms with Crippen LogP contribution in [0, 0.1) is 0 Å². The van der Waals surface area contributed by atoms with E-state index in [1.165, 1.54) is 44.3 Å². The molecule has 0 spiro atoms. The molecule has 1 aliphatic heterocycles. The van der Waals surface area contributed by atoms with E-state index in [2.05, 4.69) is 37.2 Å². The van der Waals surface area contributed by atoms with Crippen LogP contribution >= 0.6 is 15.9 Å². The topological polar surface area (TPSA) is 28.2 Å². The third kappa shape index (κ3) is 2.86. The number of nitrogens with one attached hydrogen (secondary N) is 1. The van der Waals surface area contributed by atoms with Gasteiger partial charge in [0.15, 0.2) is 0 Å². The number of hydrogen-bond donors (Lipinski definition) is 1. The predicted molar refractivity (Wildman–Crippen MR) is 77.9 cm³/mol. The maximum absolute atomic E-state index is 4.16. The Morgan fingerprint density at radius 3 is 2.89 bits per heavy atom. The minimum Gasteiger partial charge on any atom is -0.366 e. The second-order valence-electron chi connectivity index (χ2n) is 5.36. The molecule has 1 saturated carbocycles. The van der Waals surface area contributed by atoms with Gasteiger partial charge in [-0.25, -0.2) is 0 Å². The van der Waals surface area contributed by atoms with E-state index in [0.717, 1.165) is 17.1 Å². The number of rotatable bonds is 4. The standard InChI is InChI=1S/C14H20BrN3/c15-13-9-16-8-6-14(13)18(12-4-5-12)10-11-3-1-2-7-17-11/h6,8-9,11-12,17H,1-5,7,10H2. The molecule has 2 aliphatic rings. The highest BCUT2D eigenvalue weighted by molar-refractivity contribution is 9.10. The van der Waals surface area contributed by atoms with Gasteiger partial charge in [0, 0.05) is 31.0 Å². The number of anilines is 1. The summed E-state index contributed by atoms with van der Waals surface area (Å²) in [4.78, 5) is 6.73. The Morgan fingerprint density at radius 2 is 2.22 bits per heavy atom. The van der Waals surface area contributed by atoms with Crippen molar-refractivity contribution in [1.29, 1.82) is 0 Å². The lowest BCUT2D eigenvalue weighted by Gasteiger charge is -2.32. The van der Waals surface area contributed by atoms with Gasteiger partial charge < -0.3 is 10.2 Å². The lowest BCUT2D eigenvalue weighted by Crippen LogP contribution is -2.44. The average molecular weight is 310 g/mol. The fourth-order valence-electron chi connectivity index (χ4n) is 2.75. The zero-order valence-electron chi connectivity index (χ0n) is 10.6. The zero-order valence-corrected chi connectivity index (χ0v) is 12.2. The van der Waals surface area contributed by atoms with Crippen molar-refractivity contribution in [2.45, 2.75) is 44.2 Å². The van der Waals surface area contributed by atoms with Crippen molar-refractivity contribution in [2.75, 3.05) is 18.0 Å². The monoisotopic (exact) mass is 309 g/mol. The first-order valence-electron chi connectivity index (χ1n) is 6.94. The SMILES string of the molecule is Brc1cnccc1N(CC1CCCCN1)C1CC1. The van der Waals surface area contributed by atoms with Crippen molar-refractivity contribution in [3.05, 3.63) is 22.9 Å². The molecular formula is C14H20BrN3. The molecular weight excluding hydrogens is 290 g/mol. The average Bonchev–Trinajstić information content (AvgIpc) is 3.23. The lowest BCUT2D eigenvalue weighted by molar-refractivity contribution is 0.398. The zero-order chi connectivity index (χ0) is 12.4. The quantitative estimate of drug-likeness (QED) is 0.927. The number of aromatic nitrogens is 1.